The molecule has 0 aliphatic carbocycles. The molecule has 2 N–H and O–H groups in total. The van der Waals surface area contributed by atoms with Gasteiger partial charge in [0.25, 0.3) is 0 Å². The Bertz CT molecular complexity index is 1600. The predicted octanol–water partition coefficient (Wildman–Crippen LogP) is 3.81. The number of nitrogens with zero attached hydrogens (tertiary/aromatic N) is 8. The van der Waals surface area contributed by atoms with Crippen LogP contribution >= 0.6 is 0 Å². The molecule has 6 rings (SSSR count). The van der Waals surface area contributed by atoms with Crippen molar-refractivity contribution in [1.82, 2.24) is 39.7 Å². The van der Waals surface area contributed by atoms with Crippen molar-refractivity contribution in [3.05, 3.63) is 48.8 Å². The number of aromatic nitrogens is 6. The number of unbranched alkanes of at least 4 members (excludes halogenated alkanes) is 1. The zero-order valence-corrected chi connectivity index (χ0v) is 23.8. The number of halogens is 3. The number of β-amino-alcohol motifs (C(OH)–C–C–N with tert-alkyl or cyclic N) is 1. The number of nitriles is 1. The Hall–Kier alpha value is -4.26. The number of alkyl halides is 3. The van der Waals surface area contributed by atoms with E-state index in [1.807, 2.05) is 23.1 Å². The molecule has 15 heteroatoms. The maximum Gasteiger partial charge on any atom is 0.433 e. The topological polar surface area (TPSA) is 141 Å². The van der Waals surface area contributed by atoms with Crippen LogP contribution in [0.25, 0.3) is 22.3 Å². The Morgan fingerprint density at radius 3 is 2.75 bits per heavy atom. The van der Waals surface area contributed by atoms with E-state index in [0.29, 0.717) is 38.9 Å². The van der Waals surface area contributed by atoms with Crippen molar-refractivity contribution < 1.29 is 27.9 Å². The summed E-state index contributed by atoms with van der Waals surface area (Å²) >= 11 is 0. The number of pyridine rings is 1. The maximum atomic E-state index is 13.6. The minimum absolute atomic E-state index is 0.0398. The number of aliphatic hydroxyl groups is 1. The first kappa shape index (κ1) is 29.8. The normalized spacial score (nSPS) is 17.8. The molecule has 0 aromatic carbocycles. The molecule has 4 aromatic rings. The number of hydrogen-bond acceptors (Lipinski definition) is 10. The van der Waals surface area contributed by atoms with Gasteiger partial charge in [-0.15, -0.1) is 5.06 Å². The van der Waals surface area contributed by atoms with Crippen molar-refractivity contribution in [3.8, 4) is 29.0 Å². The summed E-state index contributed by atoms with van der Waals surface area (Å²) in [6.07, 6.45) is 4.71. The summed E-state index contributed by atoms with van der Waals surface area (Å²) in [5, 5.41) is 25.5. The van der Waals surface area contributed by atoms with Crippen LogP contribution in [0.5, 0.6) is 11.6 Å². The monoisotopic (exact) mass is 611 g/mol. The van der Waals surface area contributed by atoms with E-state index < -0.39 is 18.0 Å². The Labute approximate surface area is 251 Å². The van der Waals surface area contributed by atoms with Crippen LogP contribution in [-0.4, -0.2) is 89.2 Å². The van der Waals surface area contributed by atoms with Gasteiger partial charge in [-0.2, -0.15) is 23.5 Å². The molecule has 2 fully saturated rings. The van der Waals surface area contributed by atoms with Crippen molar-refractivity contribution in [2.24, 2.45) is 0 Å². The van der Waals surface area contributed by atoms with E-state index in [0.717, 1.165) is 41.2 Å². The fourth-order valence-corrected chi connectivity index (χ4v) is 5.62. The molecule has 2 aliphatic rings. The van der Waals surface area contributed by atoms with Gasteiger partial charge in [-0.1, -0.05) is 0 Å². The first-order valence-corrected chi connectivity index (χ1v) is 14.5. The second kappa shape index (κ2) is 12.8. The van der Waals surface area contributed by atoms with Gasteiger partial charge in [0, 0.05) is 61.0 Å². The highest BCUT2D eigenvalue weighted by Crippen LogP contribution is 2.34. The van der Waals surface area contributed by atoms with Crippen LogP contribution in [0.4, 0.5) is 13.2 Å². The predicted molar refractivity (Wildman–Crippen MR) is 151 cm³/mol. The smallest absolute Gasteiger partial charge is 0.433 e. The lowest BCUT2D eigenvalue weighted by molar-refractivity contribution is -0.168. The lowest BCUT2D eigenvalue weighted by atomic mass is 10.0. The minimum atomic E-state index is -4.67. The third-order valence-corrected chi connectivity index (χ3v) is 7.89. The molecule has 12 nitrogen and oxygen atoms in total. The first-order chi connectivity index (χ1) is 21.2. The summed E-state index contributed by atoms with van der Waals surface area (Å²) in [7, 11) is 0. The van der Waals surface area contributed by atoms with Gasteiger partial charge in [0.1, 0.15) is 18.1 Å². The largest absolute Gasteiger partial charge is 0.474 e. The lowest BCUT2D eigenvalue weighted by Gasteiger charge is -2.37. The number of likely N-dealkylation sites (tertiary alicyclic amines) is 1. The number of hydrogen-bond donors (Lipinski definition) is 2. The van der Waals surface area contributed by atoms with Gasteiger partial charge in [0.2, 0.25) is 5.88 Å². The van der Waals surface area contributed by atoms with Crippen molar-refractivity contribution in [1.29, 1.82) is 5.26 Å². The molecule has 44 heavy (non-hydrogen) atoms. The number of ether oxygens (including phenoxy) is 1. The van der Waals surface area contributed by atoms with Crippen molar-refractivity contribution in [3.63, 3.8) is 0 Å². The molecule has 232 valence electrons. The lowest BCUT2D eigenvalue weighted by Crippen LogP contribution is -2.52. The van der Waals surface area contributed by atoms with Crippen LogP contribution < -0.4 is 9.57 Å². The Morgan fingerprint density at radius 1 is 1.18 bits per heavy atom. The summed E-state index contributed by atoms with van der Waals surface area (Å²) in [4.78, 5) is 23.3. The minimum Gasteiger partial charge on any atom is -0.474 e. The molecule has 0 radical (unpaired) electrons. The summed E-state index contributed by atoms with van der Waals surface area (Å²) in [5.74, 6) is -0.188. The molecule has 0 saturated carbocycles. The SMILES string of the molecule is N#CCCC[C@@H](Cn1cc(-c2ncnc3[nH]ccc23)cn1)N1CCC(Oc2cc(ON3CC(O)C3)cc(C(F)(F)F)n2)CC1. The van der Waals surface area contributed by atoms with E-state index in [2.05, 4.69) is 36.0 Å². The average Bonchev–Trinajstić information content (AvgIpc) is 3.66. The van der Waals surface area contributed by atoms with E-state index in [1.165, 1.54) is 17.5 Å². The second-order valence-electron chi connectivity index (χ2n) is 11.1. The number of fused-ring (bicyclic) bond motifs is 1. The number of piperidine rings is 1. The quantitative estimate of drug-likeness (QED) is 0.241. The van der Waals surface area contributed by atoms with Gasteiger partial charge >= 0.3 is 6.18 Å². The molecule has 6 heterocycles. The van der Waals surface area contributed by atoms with E-state index in [1.54, 1.807) is 6.20 Å². The average molecular weight is 612 g/mol. The van der Waals surface area contributed by atoms with Crippen LogP contribution in [0, 0.1) is 11.3 Å². The van der Waals surface area contributed by atoms with Crippen LogP contribution in [0.1, 0.15) is 37.8 Å². The molecule has 0 unspecified atom stereocenters. The summed E-state index contributed by atoms with van der Waals surface area (Å²) in [6.45, 7) is 2.37. The Kier molecular flexibility index (Phi) is 8.65. The number of aliphatic hydroxyl groups excluding tert-OH is 1. The molecular weight excluding hydrogens is 579 g/mol. The van der Waals surface area contributed by atoms with E-state index in [4.69, 9.17) is 14.8 Å². The summed E-state index contributed by atoms with van der Waals surface area (Å²) in [5.41, 5.74) is 1.32. The highest BCUT2D eigenvalue weighted by Gasteiger charge is 2.35. The Morgan fingerprint density at radius 2 is 2.00 bits per heavy atom. The third-order valence-electron chi connectivity index (χ3n) is 7.89. The van der Waals surface area contributed by atoms with Gasteiger partial charge in [0.15, 0.2) is 11.4 Å². The number of H-pyrrole nitrogens is 1. The van der Waals surface area contributed by atoms with Crippen molar-refractivity contribution >= 4 is 11.0 Å². The third kappa shape index (κ3) is 6.93. The van der Waals surface area contributed by atoms with E-state index in [-0.39, 0.29) is 36.9 Å². The van der Waals surface area contributed by atoms with Crippen LogP contribution in [0.2, 0.25) is 0 Å². The number of hydroxylamine groups is 2. The molecule has 4 aromatic heterocycles. The first-order valence-electron chi connectivity index (χ1n) is 14.5. The molecule has 1 atom stereocenters. The van der Waals surface area contributed by atoms with Gasteiger partial charge in [0.05, 0.1) is 43.7 Å². The van der Waals surface area contributed by atoms with Gasteiger partial charge in [-0.05, 0) is 31.7 Å². The summed E-state index contributed by atoms with van der Waals surface area (Å²) in [6, 6.07) is 6.43. The van der Waals surface area contributed by atoms with Crippen LogP contribution in [-0.2, 0) is 12.7 Å². The van der Waals surface area contributed by atoms with E-state index in [9.17, 15) is 18.3 Å². The number of aromatic amines is 1. The number of rotatable bonds is 11. The maximum absolute atomic E-state index is 13.6. The standard InChI is InChI=1S/C29H32F3N9O3/c30-29(31,32)25-11-23(44-41-16-21(42)17-41)12-26(38-25)43-22-5-9-39(10-6-22)20(3-1-2-7-33)15-40-14-19(13-37-40)27-24-4-8-34-28(24)36-18-35-27/h4,8,11-14,18,20-22,42H,1-3,5-6,9-10,15-17H2,(H,34,35,36)/t20-/m0/s1. The molecule has 2 saturated heterocycles. The molecule has 0 amide bonds. The fourth-order valence-electron chi connectivity index (χ4n) is 5.62. The zero-order chi connectivity index (χ0) is 30.7. The number of nitrogens with one attached hydrogen (secondary N) is 1. The molecule has 2 aliphatic heterocycles. The second-order valence-corrected chi connectivity index (χ2v) is 11.1. The highest BCUT2D eigenvalue weighted by molar-refractivity contribution is 5.89. The highest BCUT2D eigenvalue weighted by atomic mass is 19.4. The molecule has 0 bridgehead atoms. The summed E-state index contributed by atoms with van der Waals surface area (Å²) < 4.78 is 48.5. The van der Waals surface area contributed by atoms with Gasteiger partial charge in [-0.3, -0.25) is 9.58 Å². The van der Waals surface area contributed by atoms with Gasteiger partial charge in [-0.25, -0.2) is 15.0 Å². The zero-order valence-electron chi connectivity index (χ0n) is 23.8. The van der Waals surface area contributed by atoms with Crippen LogP contribution in [0.15, 0.2) is 43.1 Å². The molecule has 0 spiro atoms. The van der Waals surface area contributed by atoms with E-state index >= 15 is 0 Å². The van der Waals surface area contributed by atoms with Crippen LogP contribution in [0.3, 0.4) is 0 Å². The van der Waals surface area contributed by atoms with Crippen molar-refractivity contribution in [2.45, 2.75) is 63.1 Å². The fraction of sp³-hybridized carbons (Fsp3) is 0.483. The Balaban J connectivity index is 1.10. The molecular formula is C29H32F3N9O3. The van der Waals surface area contributed by atoms with Crippen molar-refractivity contribution in [2.75, 3.05) is 26.2 Å². The van der Waals surface area contributed by atoms with Gasteiger partial charge < -0.3 is 19.7 Å².